The SMILES string of the molecule is CC.CCCCN(CCCC)Cc1ccc(C(=O)OCC)o1. The maximum absolute atomic E-state index is 11.6. The molecular weight excluding hydrogens is 278 g/mol. The number of furan rings is 1. The van der Waals surface area contributed by atoms with E-state index < -0.39 is 0 Å². The van der Waals surface area contributed by atoms with Crippen molar-refractivity contribution in [1.29, 1.82) is 0 Å². The van der Waals surface area contributed by atoms with E-state index in [1.807, 2.05) is 19.9 Å². The molecule has 0 unspecified atom stereocenters. The molecule has 0 saturated heterocycles. The molecule has 128 valence electrons. The Balaban J connectivity index is 0.00000211. The Morgan fingerprint density at radius 1 is 1.09 bits per heavy atom. The minimum Gasteiger partial charge on any atom is -0.460 e. The van der Waals surface area contributed by atoms with Gasteiger partial charge in [0.15, 0.2) is 0 Å². The molecule has 22 heavy (non-hydrogen) atoms. The predicted octanol–water partition coefficient (Wildman–Crippen LogP) is 4.88. The minimum absolute atomic E-state index is 0.299. The lowest BCUT2D eigenvalue weighted by molar-refractivity contribution is 0.0486. The molecule has 0 aliphatic carbocycles. The van der Waals surface area contributed by atoms with Crippen molar-refractivity contribution < 1.29 is 13.9 Å². The number of nitrogens with zero attached hydrogens (tertiary/aromatic N) is 1. The highest BCUT2D eigenvalue weighted by Crippen LogP contribution is 2.13. The number of carbonyl (C=O) groups is 1. The Bertz CT molecular complexity index is 379. The van der Waals surface area contributed by atoms with Gasteiger partial charge in [0.2, 0.25) is 5.76 Å². The third-order valence-corrected chi connectivity index (χ3v) is 3.17. The van der Waals surface area contributed by atoms with Crippen LogP contribution in [0, 0.1) is 0 Å². The molecule has 0 radical (unpaired) electrons. The zero-order valence-electron chi connectivity index (χ0n) is 15.0. The molecule has 0 saturated carbocycles. The van der Waals surface area contributed by atoms with Crippen molar-refractivity contribution in [3.8, 4) is 0 Å². The van der Waals surface area contributed by atoms with Crippen molar-refractivity contribution in [2.45, 2.75) is 66.8 Å². The molecule has 0 spiro atoms. The molecule has 0 aliphatic heterocycles. The van der Waals surface area contributed by atoms with Crippen molar-refractivity contribution in [1.82, 2.24) is 4.90 Å². The zero-order chi connectivity index (χ0) is 16.8. The zero-order valence-corrected chi connectivity index (χ0v) is 15.0. The topological polar surface area (TPSA) is 42.7 Å². The molecule has 0 amide bonds. The van der Waals surface area contributed by atoms with Crippen molar-refractivity contribution in [3.63, 3.8) is 0 Å². The number of unbranched alkanes of at least 4 members (excludes halogenated alkanes) is 2. The van der Waals surface area contributed by atoms with Gasteiger partial charge in [0.25, 0.3) is 0 Å². The van der Waals surface area contributed by atoms with E-state index >= 15 is 0 Å². The summed E-state index contributed by atoms with van der Waals surface area (Å²) in [4.78, 5) is 13.9. The van der Waals surface area contributed by atoms with Gasteiger partial charge in [-0.15, -0.1) is 0 Å². The molecular formula is C18H33NO3. The van der Waals surface area contributed by atoms with Gasteiger partial charge in [-0.3, -0.25) is 4.90 Å². The van der Waals surface area contributed by atoms with Gasteiger partial charge in [-0.05, 0) is 45.0 Å². The summed E-state index contributed by atoms with van der Waals surface area (Å²) in [7, 11) is 0. The van der Waals surface area contributed by atoms with Crippen molar-refractivity contribution >= 4 is 5.97 Å². The van der Waals surface area contributed by atoms with Crippen LogP contribution in [0.3, 0.4) is 0 Å². The average Bonchev–Trinajstić information content (AvgIpc) is 3.01. The fourth-order valence-electron chi connectivity index (χ4n) is 2.03. The molecule has 0 bridgehead atoms. The lowest BCUT2D eigenvalue weighted by Crippen LogP contribution is -2.25. The van der Waals surface area contributed by atoms with E-state index in [0.717, 1.165) is 25.4 Å². The predicted molar refractivity (Wildman–Crippen MR) is 91.1 cm³/mol. The largest absolute Gasteiger partial charge is 0.460 e. The Morgan fingerprint density at radius 2 is 1.68 bits per heavy atom. The molecule has 0 atom stereocenters. The molecule has 1 aromatic rings. The Labute approximate surface area is 135 Å². The van der Waals surface area contributed by atoms with E-state index in [0.29, 0.717) is 12.4 Å². The van der Waals surface area contributed by atoms with Crippen molar-refractivity contribution in [2.75, 3.05) is 19.7 Å². The van der Waals surface area contributed by atoms with Gasteiger partial charge in [0.1, 0.15) is 5.76 Å². The first-order valence-electron chi connectivity index (χ1n) is 8.69. The van der Waals surface area contributed by atoms with Crippen LogP contribution >= 0.6 is 0 Å². The van der Waals surface area contributed by atoms with Gasteiger partial charge in [-0.1, -0.05) is 40.5 Å². The average molecular weight is 311 g/mol. The summed E-state index contributed by atoms with van der Waals surface area (Å²) in [5.74, 6) is 0.750. The quantitative estimate of drug-likeness (QED) is 0.577. The molecule has 4 heteroatoms. The third kappa shape index (κ3) is 8.23. The first-order valence-corrected chi connectivity index (χ1v) is 8.69. The van der Waals surface area contributed by atoms with Gasteiger partial charge in [0.05, 0.1) is 13.2 Å². The standard InChI is InChI=1S/C16H27NO3.C2H6/c1-4-7-11-17(12-8-5-2)13-14-9-10-15(20-14)16(18)19-6-3;1-2/h9-10H,4-8,11-13H2,1-3H3;1-2H3. The fourth-order valence-corrected chi connectivity index (χ4v) is 2.03. The van der Waals surface area contributed by atoms with Crippen LogP contribution in [0.1, 0.15) is 76.6 Å². The van der Waals surface area contributed by atoms with E-state index in [1.165, 1.54) is 25.7 Å². The number of ether oxygens (including phenoxy) is 1. The van der Waals surface area contributed by atoms with Crippen LogP contribution in [-0.4, -0.2) is 30.6 Å². The summed E-state index contributed by atoms with van der Waals surface area (Å²) in [5.41, 5.74) is 0. The lowest BCUT2D eigenvalue weighted by atomic mass is 10.2. The second-order valence-electron chi connectivity index (χ2n) is 4.97. The highest BCUT2D eigenvalue weighted by Gasteiger charge is 2.14. The van der Waals surface area contributed by atoms with E-state index in [9.17, 15) is 4.79 Å². The number of rotatable bonds is 10. The number of esters is 1. The molecule has 1 rings (SSSR count). The van der Waals surface area contributed by atoms with E-state index in [-0.39, 0.29) is 5.97 Å². The van der Waals surface area contributed by atoms with E-state index in [1.54, 1.807) is 13.0 Å². The summed E-state index contributed by atoms with van der Waals surface area (Å²) < 4.78 is 10.5. The van der Waals surface area contributed by atoms with Gasteiger partial charge in [0, 0.05) is 0 Å². The Kier molecular flexibility index (Phi) is 12.6. The minimum atomic E-state index is -0.382. The maximum Gasteiger partial charge on any atom is 0.374 e. The molecule has 0 aromatic carbocycles. The van der Waals surface area contributed by atoms with E-state index in [2.05, 4.69) is 18.7 Å². The van der Waals surface area contributed by atoms with Gasteiger partial charge in [-0.2, -0.15) is 0 Å². The monoisotopic (exact) mass is 311 g/mol. The molecule has 1 aromatic heterocycles. The van der Waals surface area contributed by atoms with Crippen LogP contribution in [0.2, 0.25) is 0 Å². The summed E-state index contributed by atoms with van der Waals surface area (Å²) >= 11 is 0. The van der Waals surface area contributed by atoms with Crippen LogP contribution in [0.25, 0.3) is 0 Å². The first kappa shape index (κ1) is 20.7. The number of hydrogen-bond donors (Lipinski definition) is 0. The number of hydrogen-bond acceptors (Lipinski definition) is 4. The summed E-state index contributed by atoms with van der Waals surface area (Å²) in [6.07, 6.45) is 4.76. The second-order valence-corrected chi connectivity index (χ2v) is 4.97. The Hall–Kier alpha value is -1.29. The second kappa shape index (κ2) is 13.4. The van der Waals surface area contributed by atoms with Gasteiger partial charge in [-0.25, -0.2) is 4.79 Å². The van der Waals surface area contributed by atoms with Crippen molar-refractivity contribution in [3.05, 3.63) is 23.7 Å². The van der Waals surface area contributed by atoms with E-state index in [4.69, 9.17) is 9.15 Å². The molecule has 0 N–H and O–H groups in total. The van der Waals surface area contributed by atoms with Crippen LogP contribution < -0.4 is 0 Å². The van der Waals surface area contributed by atoms with Gasteiger partial charge < -0.3 is 9.15 Å². The molecule has 4 nitrogen and oxygen atoms in total. The highest BCUT2D eigenvalue weighted by atomic mass is 16.5. The van der Waals surface area contributed by atoms with Gasteiger partial charge >= 0.3 is 5.97 Å². The smallest absolute Gasteiger partial charge is 0.374 e. The summed E-state index contributed by atoms with van der Waals surface area (Å²) in [6.45, 7) is 13.5. The van der Waals surface area contributed by atoms with Crippen LogP contribution in [0.5, 0.6) is 0 Å². The molecule has 1 heterocycles. The van der Waals surface area contributed by atoms with Crippen LogP contribution in [0.15, 0.2) is 16.5 Å². The number of carbonyl (C=O) groups excluding carboxylic acids is 1. The third-order valence-electron chi connectivity index (χ3n) is 3.17. The van der Waals surface area contributed by atoms with Crippen molar-refractivity contribution in [2.24, 2.45) is 0 Å². The first-order chi connectivity index (χ1) is 10.7. The summed E-state index contributed by atoms with van der Waals surface area (Å²) in [5, 5.41) is 0. The van der Waals surface area contributed by atoms with Crippen LogP contribution in [0.4, 0.5) is 0 Å². The molecule has 0 fully saturated rings. The summed E-state index contributed by atoms with van der Waals surface area (Å²) in [6, 6.07) is 3.57. The van der Waals surface area contributed by atoms with Crippen LogP contribution in [-0.2, 0) is 11.3 Å². The molecule has 0 aliphatic rings. The lowest BCUT2D eigenvalue weighted by Gasteiger charge is -2.20. The maximum atomic E-state index is 11.6. The fraction of sp³-hybridized carbons (Fsp3) is 0.722. The normalized spacial score (nSPS) is 10.3. The Morgan fingerprint density at radius 3 is 2.18 bits per heavy atom. The highest BCUT2D eigenvalue weighted by molar-refractivity contribution is 5.86.